The maximum Gasteiger partial charge on any atom is 0.0188 e. The maximum atomic E-state index is 5.45. The predicted molar refractivity (Wildman–Crippen MR) is 47.1 cm³/mol. The van der Waals surface area contributed by atoms with E-state index in [0.29, 0.717) is 6.54 Å². The number of nitrogens with two attached hydrogens (primary N) is 1. The van der Waals surface area contributed by atoms with Crippen molar-refractivity contribution in [3.05, 3.63) is 33.4 Å². The fourth-order valence-electron chi connectivity index (χ4n) is 0.664. The lowest BCUT2D eigenvalue weighted by atomic mass is 10.2. The number of halogens is 1. The van der Waals surface area contributed by atoms with Crippen molar-refractivity contribution in [3.63, 3.8) is 0 Å². The Morgan fingerprint density at radius 3 is 2.44 bits per heavy atom. The molecule has 0 aromatic heterocycles. The topological polar surface area (TPSA) is 26.0 Å². The molecule has 0 bridgehead atoms. The van der Waals surface area contributed by atoms with Crippen LogP contribution in [0.4, 0.5) is 0 Å². The average molecular weight is 233 g/mol. The van der Waals surface area contributed by atoms with Crippen molar-refractivity contribution in [2.45, 2.75) is 6.54 Å². The van der Waals surface area contributed by atoms with Crippen LogP contribution in [0.2, 0.25) is 0 Å². The zero-order valence-electron chi connectivity index (χ0n) is 4.97. The van der Waals surface area contributed by atoms with Crippen LogP contribution in [0.1, 0.15) is 5.56 Å². The van der Waals surface area contributed by atoms with Gasteiger partial charge in [-0.15, -0.1) is 0 Å². The lowest BCUT2D eigenvalue weighted by Gasteiger charge is -1.96. The van der Waals surface area contributed by atoms with Gasteiger partial charge in [0.05, 0.1) is 0 Å². The Balaban J connectivity index is 3.01. The van der Waals surface area contributed by atoms with Gasteiger partial charge in [-0.25, -0.2) is 0 Å². The molecule has 9 heavy (non-hydrogen) atoms. The minimum absolute atomic E-state index is 0.638. The summed E-state index contributed by atoms with van der Waals surface area (Å²) in [5.41, 5.74) is 6.67. The normalized spacial score (nSPS) is 9.56. The second-order valence-electron chi connectivity index (χ2n) is 1.80. The molecule has 0 spiro atoms. The Morgan fingerprint density at radius 1 is 1.33 bits per heavy atom. The van der Waals surface area contributed by atoms with Crippen LogP contribution in [0.5, 0.6) is 0 Å². The molecule has 1 aromatic rings. The summed E-state index contributed by atoms with van der Waals surface area (Å²) in [6, 6.07) is 8.12. The van der Waals surface area contributed by atoms with E-state index in [2.05, 4.69) is 28.7 Å². The summed E-state index contributed by atoms with van der Waals surface area (Å²) in [7, 11) is 0. The third-order valence-electron chi connectivity index (χ3n) is 1.18. The first-order valence-corrected chi connectivity index (χ1v) is 3.86. The molecular formula is C7H8IN. The fraction of sp³-hybridized carbons (Fsp3) is 0.143. The Kier molecular flexibility index (Phi) is 2.48. The smallest absolute Gasteiger partial charge is 0.0188 e. The third kappa shape index (κ3) is 1.66. The summed E-state index contributed by atoms with van der Waals surface area (Å²) in [5.74, 6) is 0. The Morgan fingerprint density at radius 2 is 2.00 bits per heavy atom. The molecule has 0 amide bonds. The summed E-state index contributed by atoms with van der Waals surface area (Å²) in [6.07, 6.45) is 0. The van der Waals surface area contributed by atoms with Crippen LogP contribution in [0.25, 0.3) is 0 Å². The van der Waals surface area contributed by atoms with Crippen molar-refractivity contribution >= 4 is 22.6 Å². The Hall–Kier alpha value is -0.0900. The molecule has 0 aliphatic rings. The van der Waals surface area contributed by atoms with Gasteiger partial charge in [0.2, 0.25) is 0 Å². The highest BCUT2D eigenvalue weighted by Crippen LogP contribution is 2.09. The Labute approximate surface area is 68.4 Å². The van der Waals surface area contributed by atoms with E-state index in [1.54, 1.807) is 0 Å². The first-order chi connectivity index (χ1) is 4.34. The highest BCUT2D eigenvalue weighted by molar-refractivity contribution is 14.1. The first kappa shape index (κ1) is 7.02. The van der Waals surface area contributed by atoms with Crippen molar-refractivity contribution in [1.82, 2.24) is 0 Å². The molecule has 1 rings (SSSR count). The second-order valence-corrected chi connectivity index (χ2v) is 2.96. The summed E-state index contributed by atoms with van der Waals surface area (Å²) in [4.78, 5) is 0. The molecule has 0 aliphatic carbocycles. The number of rotatable bonds is 1. The van der Waals surface area contributed by atoms with E-state index >= 15 is 0 Å². The number of hydrogen-bond acceptors (Lipinski definition) is 1. The van der Waals surface area contributed by atoms with Crippen molar-refractivity contribution < 1.29 is 0 Å². The number of benzene rings is 1. The molecule has 2 N–H and O–H groups in total. The molecule has 1 aromatic carbocycles. The summed E-state index contributed by atoms with van der Waals surface area (Å²) >= 11 is 2.28. The largest absolute Gasteiger partial charge is 0.326 e. The quantitative estimate of drug-likeness (QED) is 0.734. The summed E-state index contributed by atoms with van der Waals surface area (Å²) in [6.45, 7) is 0.638. The predicted octanol–water partition coefficient (Wildman–Crippen LogP) is 1.75. The van der Waals surface area contributed by atoms with Crippen LogP contribution in [0.15, 0.2) is 24.3 Å². The van der Waals surface area contributed by atoms with E-state index < -0.39 is 0 Å². The van der Waals surface area contributed by atoms with E-state index in [-0.39, 0.29) is 0 Å². The molecule has 0 saturated heterocycles. The molecule has 48 valence electrons. The van der Waals surface area contributed by atoms with Gasteiger partial charge in [-0.1, -0.05) is 18.2 Å². The molecule has 0 saturated carbocycles. The minimum atomic E-state index is 0.638. The van der Waals surface area contributed by atoms with Crippen molar-refractivity contribution in [2.75, 3.05) is 0 Å². The highest BCUT2D eigenvalue weighted by atomic mass is 127. The van der Waals surface area contributed by atoms with Gasteiger partial charge in [0.1, 0.15) is 0 Å². The molecule has 0 unspecified atom stereocenters. The van der Waals surface area contributed by atoms with E-state index in [0.717, 1.165) is 0 Å². The van der Waals surface area contributed by atoms with Crippen molar-refractivity contribution in [3.8, 4) is 0 Å². The van der Waals surface area contributed by atoms with E-state index in [1.807, 2.05) is 18.2 Å². The maximum absolute atomic E-state index is 5.45. The van der Waals surface area contributed by atoms with E-state index in [4.69, 9.17) is 5.73 Å². The van der Waals surface area contributed by atoms with Crippen LogP contribution in [0, 0.1) is 3.57 Å². The molecular weight excluding hydrogens is 225 g/mol. The fourth-order valence-corrected chi connectivity index (χ4v) is 1.27. The summed E-state index contributed by atoms with van der Waals surface area (Å²) < 4.78 is 1.25. The van der Waals surface area contributed by atoms with Crippen LogP contribution >= 0.6 is 22.6 Å². The van der Waals surface area contributed by atoms with Gasteiger partial charge < -0.3 is 5.73 Å². The highest BCUT2D eigenvalue weighted by Gasteiger charge is 1.91. The van der Waals surface area contributed by atoms with Crippen LogP contribution < -0.4 is 5.73 Å². The minimum Gasteiger partial charge on any atom is -0.326 e. The monoisotopic (exact) mass is 233 g/mol. The molecule has 1 nitrogen and oxygen atoms in total. The molecule has 0 aliphatic heterocycles. The van der Waals surface area contributed by atoms with Gasteiger partial charge in [-0.05, 0) is 34.2 Å². The van der Waals surface area contributed by atoms with Gasteiger partial charge in [0.15, 0.2) is 0 Å². The molecule has 2 heteroatoms. The zero-order chi connectivity index (χ0) is 6.69. The van der Waals surface area contributed by atoms with Gasteiger partial charge in [-0.2, -0.15) is 0 Å². The standard InChI is InChI=1S/C7H8IN/c8-7-4-2-1-3-6(7)5-9/h1-4H,5,9H2. The Bertz CT molecular complexity index is 198. The third-order valence-corrected chi connectivity index (χ3v) is 2.23. The second kappa shape index (κ2) is 3.17. The van der Waals surface area contributed by atoms with Crippen LogP contribution in [-0.2, 0) is 6.54 Å². The molecule has 0 fully saturated rings. The van der Waals surface area contributed by atoms with Gasteiger partial charge in [-0.3, -0.25) is 0 Å². The first-order valence-electron chi connectivity index (χ1n) is 2.78. The lowest BCUT2D eigenvalue weighted by Crippen LogP contribution is -1.97. The zero-order valence-corrected chi connectivity index (χ0v) is 7.13. The van der Waals surface area contributed by atoms with Gasteiger partial charge in [0.25, 0.3) is 0 Å². The SMILES string of the molecule is NCc1ccccc1I. The van der Waals surface area contributed by atoms with E-state index in [9.17, 15) is 0 Å². The lowest BCUT2D eigenvalue weighted by molar-refractivity contribution is 1.06. The molecule has 0 radical (unpaired) electrons. The van der Waals surface area contributed by atoms with Crippen LogP contribution in [-0.4, -0.2) is 0 Å². The molecule has 0 atom stereocenters. The number of hydrogen-bond donors (Lipinski definition) is 1. The van der Waals surface area contributed by atoms with Gasteiger partial charge in [0, 0.05) is 10.1 Å². The molecule has 0 heterocycles. The van der Waals surface area contributed by atoms with E-state index in [1.165, 1.54) is 9.13 Å². The summed E-state index contributed by atoms with van der Waals surface area (Å²) in [5, 5.41) is 0. The van der Waals surface area contributed by atoms with Crippen molar-refractivity contribution in [1.29, 1.82) is 0 Å². The average Bonchev–Trinajstić information content (AvgIpc) is 1.89. The van der Waals surface area contributed by atoms with Crippen LogP contribution in [0.3, 0.4) is 0 Å². The van der Waals surface area contributed by atoms with Crippen molar-refractivity contribution in [2.24, 2.45) is 5.73 Å². The van der Waals surface area contributed by atoms with Gasteiger partial charge >= 0.3 is 0 Å².